The lowest BCUT2D eigenvalue weighted by atomic mass is 9.31. The zero-order chi connectivity index (χ0) is 40.4. The molecule has 13 heteroatoms. The Kier molecular flexibility index (Phi) is 11.1. The molecule has 2 saturated heterocycles. The van der Waals surface area contributed by atoms with Gasteiger partial charge < -0.3 is 64.9 Å². The highest BCUT2D eigenvalue weighted by atomic mass is 16.8. The average Bonchev–Trinajstić information content (AvgIpc) is 3.12. The van der Waals surface area contributed by atoms with E-state index in [1.54, 1.807) is 0 Å². The summed E-state index contributed by atoms with van der Waals surface area (Å²) in [6.07, 6.45) is -7.52. The largest absolute Gasteiger partial charge is 0.394 e. The van der Waals surface area contributed by atoms with E-state index in [1.165, 1.54) is 0 Å². The highest BCUT2D eigenvalue weighted by Gasteiger charge is 2.72. The zero-order valence-corrected chi connectivity index (χ0v) is 34.3. The van der Waals surface area contributed by atoms with Gasteiger partial charge in [-0.3, -0.25) is 0 Å². The Bertz CT molecular complexity index is 1390. The van der Waals surface area contributed by atoms with Gasteiger partial charge in [0, 0.05) is 0 Å². The van der Waals surface area contributed by atoms with Crippen molar-refractivity contribution in [2.75, 3.05) is 13.2 Å². The highest BCUT2D eigenvalue weighted by Crippen LogP contribution is 2.77. The molecule has 5 saturated carbocycles. The van der Waals surface area contributed by atoms with E-state index in [2.05, 4.69) is 48.5 Å². The predicted octanol–water partition coefficient (Wildman–Crippen LogP) is 1.84. The molecule has 0 aromatic carbocycles. The Labute approximate surface area is 326 Å². The zero-order valence-electron chi connectivity index (χ0n) is 34.3. The minimum absolute atomic E-state index is 0.00643. The molecule has 0 aromatic rings. The molecule has 5 aliphatic carbocycles. The van der Waals surface area contributed by atoms with Crippen molar-refractivity contribution in [3.05, 3.63) is 0 Å². The van der Waals surface area contributed by atoms with Crippen molar-refractivity contribution in [3.8, 4) is 0 Å². The van der Waals surface area contributed by atoms with Gasteiger partial charge in [0.05, 0.1) is 31.0 Å². The van der Waals surface area contributed by atoms with Gasteiger partial charge in [0.1, 0.15) is 48.8 Å². The van der Waals surface area contributed by atoms with Crippen molar-refractivity contribution >= 4 is 0 Å². The molecule has 0 radical (unpaired) electrons. The fourth-order valence-corrected chi connectivity index (χ4v) is 14.7. The first-order valence-corrected chi connectivity index (χ1v) is 21.2. The van der Waals surface area contributed by atoms with Crippen LogP contribution in [-0.2, 0) is 18.9 Å². The molecule has 318 valence electrons. The van der Waals surface area contributed by atoms with Crippen LogP contribution in [0.1, 0.15) is 113 Å². The number of aliphatic hydroxyl groups is 9. The maximum absolute atomic E-state index is 12.2. The van der Waals surface area contributed by atoms with E-state index in [1.807, 2.05) is 6.92 Å². The van der Waals surface area contributed by atoms with Gasteiger partial charge in [-0.2, -0.15) is 0 Å². The molecule has 0 bridgehead atoms. The third-order valence-corrected chi connectivity index (χ3v) is 18.4. The molecule has 22 atom stereocenters. The van der Waals surface area contributed by atoms with Crippen LogP contribution in [0.2, 0.25) is 0 Å². The molecule has 0 aromatic heterocycles. The fourth-order valence-electron chi connectivity index (χ4n) is 14.7. The van der Waals surface area contributed by atoms with Gasteiger partial charge in [0.2, 0.25) is 0 Å². The first kappa shape index (κ1) is 42.6. The second-order valence-corrected chi connectivity index (χ2v) is 21.0. The third-order valence-electron chi connectivity index (χ3n) is 18.4. The molecule has 0 unspecified atom stereocenters. The van der Waals surface area contributed by atoms with Crippen LogP contribution in [0, 0.1) is 56.7 Å². The lowest BCUT2D eigenvalue weighted by Gasteiger charge is -2.75. The van der Waals surface area contributed by atoms with Crippen LogP contribution in [0.5, 0.6) is 0 Å². The maximum atomic E-state index is 12.2. The van der Waals surface area contributed by atoms with Crippen LogP contribution in [0.25, 0.3) is 0 Å². The first-order valence-electron chi connectivity index (χ1n) is 21.2. The van der Waals surface area contributed by atoms with Crippen molar-refractivity contribution in [3.63, 3.8) is 0 Å². The number of hydrogen-bond acceptors (Lipinski definition) is 13. The van der Waals surface area contributed by atoms with Crippen LogP contribution < -0.4 is 0 Å². The van der Waals surface area contributed by atoms with Crippen molar-refractivity contribution in [1.82, 2.24) is 0 Å². The SMILES string of the molecule is C[C@@H]1C[C@@H](O)[C@]2(C)CC[C@]3(C)[C@H](CC[C@@H]4[C@@]5(C)CC[C@H](O[C@@H]6O[C@H](CO)[C@@H](O)[C@H](O)[C@H]6O[C@@H]6O[C@H](CO)[C@@H](O)[C@H](O)[C@H]6O)C(C)(C)[C@@H]5CC[C@]43C)[C@@H]2[C@]1(C)O. The maximum Gasteiger partial charge on any atom is 0.187 e. The number of hydrogen-bond donors (Lipinski definition) is 9. The summed E-state index contributed by atoms with van der Waals surface area (Å²) in [5.41, 5.74) is -1.54. The van der Waals surface area contributed by atoms with Crippen molar-refractivity contribution in [2.24, 2.45) is 56.7 Å². The average molecular weight is 785 g/mol. The van der Waals surface area contributed by atoms with Gasteiger partial charge in [-0.1, -0.05) is 48.5 Å². The fraction of sp³-hybridized carbons (Fsp3) is 1.00. The second kappa shape index (κ2) is 14.3. The summed E-state index contributed by atoms with van der Waals surface area (Å²) in [6, 6.07) is 0. The molecule has 7 aliphatic rings. The summed E-state index contributed by atoms with van der Waals surface area (Å²) in [7, 11) is 0. The number of rotatable bonds is 6. The summed E-state index contributed by atoms with van der Waals surface area (Å²) in [5, 5.41) is 97.2. The lowest BCUT2D eigenvalue weighted by Crippen LogP contribution is -2.71. The number of fused-ring (bicyclic) bond motifs is 7. The van der Waals surface area contributed by atoms with E-state index in [0.29, 0.717) is 24.7 Å². The summed E-state index contributed by atoms with van der Waals surface area (Å²) in [6.45, 7) is 17.1. The van der Waals surface area contributed by atoms with Crippen molar-refractivity contribution < 1.29 is 64.9 Å². The van der Waals surface area contributed by atoms with Gasteiger partial charge in [0.15, 0.2) is 12.6 Å². The molecule has 13 nitrogen and oxygen atoms in total. The first-order chi connectivity index (χ1) is 25.5. The van der Waals surface area contributed by atoms with E-state index in [0.717, 1.165) is 44.9 Å². The third kappa shape index (κ3) is 6.10. The second-order valence-electron chi connectivity index (χ2n) is 21.0. The van der Waals surface area contributed by atoms with E-state index < -0.39 is 86.3 Å². The molecule has 2 heterocycles. The smallest absolute Gasteiger partial charge is 0.187 e. The Balaban J connectivity index is 1.13. The molecule has 55 heavy (non-hydrogen) atoms. The molecule has 7 fully saturated rings. The molecule has 2 aliphatic heterocycles. The Hall–Kier alpha value is -0.520. The topological polar surface area (TPSA) is 219 Å². The predicted molar refractivity (Wildman–Crippen MR) is 199 cm³/mol. The standard InChI is InChI=1S/C42H72O13/c1-20-17-26(45)39(5)15-16-40(6)21(34(39)42(20,8)51)9-10-25-38(4)13-12-27(37(2,3)24(38)11-14-41(25,40)7)54-36-33(31(49)29(47)23(19-44)53-36)55-35-32(50)30(48)28(46)22(18-43)52-35/h20-36,43-51H,9-19H2,1-8H3/t20-,21-,22-,23-,24+,25-,26-,27+,28-,29-,30+,31+,32-,33-,34+,35+,36+,38+,39+,40-,41-,42-/m1/s1. The molecule has 0 spiro atoms. The van der Waals surface area contributed by atoms with Crippen LogP contribution in [0.15, 0.2) is 0 Å². The van der Waals surface area contributed by atoms with Crippen LogP contribution in [0.4, 0.5) is 0 Å². The Morgan fingerprint density at radius 1 is 0.600 bits per heavy atom. The van der Waals surface area contributed by atoms with E-state index in [4.69, 9.17) is 18.9 Å². The highest BCUT2D eigenvalue weighted by molar-refractivity contribution is 5.21. The van der Waals surface area contributed by atoms with Gasteiger partial charge >= 0.3 is 0 Å². The van der Waals surface area contributed by atoms with Crippen molar-refractivity contribution in [1.29, 1.82) is 0 Å². The van der Waals surface area contributed by atoms with Gasteiger partial charge in [-0.25, -0.2) is 0 Å². The molecule has 9 N–H and O–H groups in total. The molecular weight excluding hydrogens is 712 g/mol. The van der Waals surface area contributed by atoms with Crippen LogP contribution in [-0.4, -0.2) is 138 Å². The summed E-state index contributed by atoms with van der Waals surface area (Å²) in [4.78, 5) is 0. The summed E-state index contributed by atoms with van der Waals surface area (Å²) in [5.74, 6) is 1.04. The van der Waals surface area contributed by atoms with Gasteiger partial charge in [-0.05, 0) is 121 Å². The minimum Gasteiger partial charge on any atom is -0.394 e. The van der Waals surface area contributed by atoms with E-state index in [9.17, 15) is 46.0 Å². The Morgan fingerprint density at radius 2 is 1.22 bits per heavy atom. The van der Waals surface area contributed by atoms with Crippen LogP contribution in [0.3, 0.4) is 0 Å². The normalized spacial score (nSPS) is 59.2. The summed E-state index contributed by atoms with van der Waals surface area (Å²) >= 11 is 0. The van der Waals surface area contributed by atoms with Crippen molar-refractivity contribution in [2.45, 2.75) is 192 Å². The van der Waals surface area contributed by atoms with Gasteiger partial charge in [0.25, 0.3) is 0 Å². The number of aliphatic hydroxyl groups excluding tert-OH is 8. The quantitative estimate of drug-likeness (QED) is 0.176. The summed E-state index contributed by atoms with van der Waals surface area (Å²) < 4.78 is 24.5. The number of ether oxygens (including phenoxy) is 4. The van der Waals surface area contributed by atoms with Crippen LogP contribution >= 0.6 is 0 Å². The van der Waals surface area contributed by atoms with E-state index >= 15 is 0 Å². The Morgan fingerprint density at radius 3 is 1.85 bits per heavy atom. The molecule has 7 rings (SSSR count). The lowest BCUT2D eigenvalue weighted by molar-refractivity contribution is -0.378. The van der Waals surface area contributed by atoms with Gasteiger partial charge in [-0.15, -0.1) is 0 Å². The monoisotopic (exact) mass is 784 g/mol. The van der Waals surface area contributed by atoms with E-state index in [-0.39, 0.29) is 50.9 Å². The minimum atomic E-state index is -1.74. The molecular formula is C42H72O13. The molecule has 0 amide bonds.